The standard InChI is InChI=1S/C61H47NO/c1-59(2)49-18-8-5-15-43(49)45-33-30-41(36-55(45)59)62(42-31-34-48-47-17-7-14-24-57(47)63-58(48)37-42)40-28-25-38(26-29-40)39-27-32-46-44-16-6-9-19-50(44)61(56(46)35-39)53-22-12-10-20-51(53)60(3,4)52-21-11-13-23-54(52)61/h5-6,8-16,18-37H,7,17H2,1-4H3. The van der Waals surface area contributed by atoms with Crippen LogP contribution < -0.4 is 4.90 Å². The lowest BCUT2D eigenvalue weighted by Gasteiger charge is -2.46. The Morgan fingerprint density at radius 2 is 0.952 bits per heavy atom. The first-order chi connectivity index (χ1) is 30.7. The maximum Gasteiger partial charge on any atom is 0.137 e. The van der Waals surface area contributed by atoms with Gasteiger partial charge < -0.3 is 9.32 Å². The average molecular weight is 810 g/mol. The summed E-state index contributed by atoms with van der Waals surface area (Å²) in [7, 11) is 0. The van der Waals surface area contributed by atoms with Gasteiger partial charge in [-0.3, -0.25) is 0 Å². The highest BCUT2D eigenvalue weighted by Crippen LogP contribution is 2.62. The zero-order valence-corrected chi connectivity index (χ0v) is 36.2. The van der Waals surface area contributed by atoms with Crippen LogP contribution in [0.15, 0.2) is 186 Å². The third kappa shape index (κ3) is 4.90. The van der Waals surface area contributed by atoms with E-state index in [1.165, 1.54) is 88.8 Å². The fraction of sp³-hybridized carbons (Fsp3) is 0.148. The molecule has 1 heterocycles. The number of rotatable bonds is 4. The first kappa shape index (κ1) is 36.5. The van der Waals surface area contributed by atoms with Crippen LogP contribution in [0.2, 0.25) is 0 Å². The summed E-state index contributed by atoms with van der Waals surface area (Å²) in [5.41, 5.74) is 23.6. The number of fused-ring (bicyclic) bond motifs is 15. The molecule has 4 aliphatic rings. The van der Waals surface area contributed by atoms with Crippen molar-refractivity contribution >= 4 is 34.1 Å². The summed E-state index contributed by atoms with van der Waals surface area (Å²) in [6, 6.07) is 66.6. The van der Waals surface area contributed by atoms with Crippen LogP contribution in [0.3, 0.4) is 0 Å². The zero-order chi connectivity index (χ0) is 42.2. The van der Waals surface area contributed by atoms with E-state index < -0.39 is 5.41 Å². The van der Waals surface area contributed by atoms with Crippen molar-refractivity contribution in [2.45, 2.75) is 56.8 Å². The van der Waals surface area contributed by atoms with Crippen LogP contribution in [-0.4, -0.2) is 0 Å². The predicted molar refractivity (Wildman–Crippen MR) is 261 cm³/mol. The second kappa shape index (κ2) is 12.9. The Kier molecular flexibility index (Phi) is 7.49. The first-order valence-electron chi connectivity index (χ1n) is 22.6. The molecular formula is C61H47NO. The summed E-state index contributed by atoms with van der Waals surface area (Å²) >= 11 is 0. The highest BCUT2D eigenvalue weighted by Gasteiger charge is 2.53. The molecule has 1 spiro atoms. The molecule has 13 rings (SSSR count). The smallest absolute Gasteiger partial charge is 0.137 e. The molecule has 4 aliphatic carbocycles. The zero-order valence-electron chi connectivity index (χ0n) is 36.2. The minimum atomic E-state index is -0.429. The van der Waals surface area contributed by atoms with Crippen LogP contribution in [0.4, 0.5) is 17.1 Å². The van der Waals surface area contributed by atoms with Gasteiger partial charge in [-0.05, 0) is 139 Å². The molecule has 0 amide bonds. The van der Waals surface area contributed by atoms with Gasteiger partial charge in [0.1, 0.15) is 11.3 Å². The number of benzene rings is 8. The largest absolute Gasteiger partial charge is 0.456 e. The molecule has 0 aliphatic heterocycles. The average Bonchev–Trinajstić information content (AvgIpc) is 3.92. The normalized spacial score (nSPS) is 16.1. The molecule has 0 bridgehead atoms. The monoisotopic (exact) mass is 809 g/mol. The van der Waals surface area contributed by atoms with Gasteiger partial charge in [-0.25, -0.2) is 0 Å². The van der Waals surface area contributed by atoms with Crippen LogP contribution in [0.5, 0.6) is 0 Å². The molecule has 0 saturated carbocycles. The number of hydrogen-bond donors (Lipinski definition) is 0. The van der Waals surface area contributed by atoms with E-state index in [0.29, 0.717) is 0 Å². The number of hydrogen-bond acceptors (Lipinski definition) is 2. The molecule has 0 fully saturated rings. The van der Waals surface area contributed by atoms with Crippen molar-refractivity contribution in [1.82, 2.24) is 0 Å². The lowest BCUT2D eigenvalue weighted by molar-refractivity contribution is 0.563. The Bertz CT molecular complexity index is 3360. The van der Waals surface area contributed by atoms with Crippen LogP contribution in [0.25, 0.3) is 50.4 Å². The van der Waals surface area contributed by atoms with E-state index in [4.69, 9.17) is 4.42 Å². The van der Waals surface area contributed by atoms with Crippen LogP contribution in [0, 0.1) is 0 Å². The number of anilines is 3. The van der Waals surface area contributed by atoms with Crippen molar-refractivity contribution in [3.63, 3.8) is 0 Å². The maximum absolute atomic E-state index is 6.53. The van der Waals surface area contributed by atoms with Crippen molar-refractivity contribution in [2.75, 3.05) is 4.90 Å². The highest BCUT2D eigenvalue weighted by atomic mass is 16.3. The molecule has 302 valence electrons. The van der Waals surface area contributed by atoms with Crippen molar-refractivity contribution in [3.05, 3.63) is 238 Å². The summed E-state index contributed by atoms with van der Waals surface area (Å²) in [6.45, 7) is 9.50. The van der Waals surface area contributed by atoms with Gasteiger partial charge in [-0.15, -0.1) is 0 Å². The molecule has 0 unspecified atom stereocenters. The molecule has 0 atom stereocenters. The van der Waals surface area contributed by atoms with Crippen molar-refractivity contribution in [3.8, 4) is 33.4 Å². The number of allylic oxidation sites excluding steroid dienone is 1. The van der Waals surface area contributed by atoms with Gasteiger partial charge in [0.05, 0.1) is 5.41 Å². The molecular weight excluding hydrogens is 763 g/mol. The van der Waals surface area contributed by atoms with E-state index in [1.54, 1.807) is 0 Å². The third-order valence-electron chi connectivity index (χ3n) is 15.2. The van der Waals surface area contributed by atoms with Gasteiger partial charge >= 0.3 is 0 Å². The minimum Gasteiger partial charge on any atom is -0.456 e. The molecule has 1 aromatic heterocycles. The van der Waals surface area contributed by atoms with Crippen LogP contribution in [0.1, 0.15) is 89.9 Å². The quantitative estimate of drug-likeness (QED) is 0.176. The lowest BCUT2D eigenvalue weighted by atomic mass is 9.55. The number of nitrogens with zero attached hydrogens (tertiary/aromatic N) is 1. The summed E-state index contributed by atoms with van der Waals surface area (Å²) in [5.74, 6) is 0.990. The summed E-state index contributed by atoms with van der Waals surface area (Å²) in [5, 5.41) is 1.21. The highest BCUT2D eigenvalue weighted by molar-refractivity contribution is 5.93. The fourth-order valence-electron chi connectivity index (χ4n) is 12.2. The van der Waals surface area contributed by atoms with Crippen LogP contribution >= 0.6 is 0 Å². The number of furan rings is 1. The molecule has 0 radical (unpaired) electrons. The summed E-state index contributed by atoms with van der Waals surface area (Å²) in [4.78, 5) is 2.41. The summed E-state index contributed by atoms with van der Waals surface area (Å²) in [6.07, 6.45) is 6.42. The number of aryl methyl sites for hydroxylation is 1. The molecule has 8 aromatic carbocycles. The van der Waals surface area contributed by atoms with E-state index in [0.717, 1.165) is 41.2 Å². The van der Waals surface area contributed by atoms with Crippen molar-refractivity contribution in [2.24, 2.45) is 0 Å². The summed E-state index contributed by atoms with van der Waals surface area (Å²) < 4.78 is 6.53. The Morgan fingerprint density at radius 3 is 1.68 bits per heavy atom. The lowest BCUT2D eigenvalue weighted by Crippen LogP contribution is -2.40. The van der Waals surface area contributed by atoms with Gasteiger partial charge in [0.15, 0.2) is 0 Å². The van der Waals surface area contributed by atoms with E-state index in [-0.39, 0.29) is 10.8 Å². The Morgan fingerprint density at radius 1 is 0.429 bits per heavy atom. The second-order valence-electron chi connectivity index (χ2n) is 19.1. The maximum atomic E-state index is 6.53. The molecule has 2 nitrogen and oxygen atoms in total. The van der Waals surface area contributed by atoms with E-state index in [9.17, 15) is 0 Å². The van der Waals surface area contributed by atoms with E-state index >= 15 is 0 Å². The third-order valence-corrected chi connectivity index (χ3v) is 15.2. The molecule has 9 aromatic rings. The van der Waals surface area contributed by atoms with Crippen molar-refractivity contribution in [1.29, 1.82) is 0 Å². The van der Waals surface area contributed by atoms with Gasteiger partial charge in [-0.1, -0.05) is 161 Å². The molecule has 0 N–H and O–H groups in total. The van der Waals surface area contributed by atoms with Crippen molar-refractivity contribution < 1.29 is 4.42 Å². The molecule has 2 heteroatoms. The Balaban J connectivity index is 0.964. The Labute approximate surface area is 369 Å². The van der Waals surface area contributed by atoms with E-state index in [2.05, 4.69) is 221 Å². The Hall–Kier alpha value is -7.16. The fourth-order valence-corrected chi connectivity index (χ4v) is 12.2. The molecule has 63 heavy (non-hydrogen) atoms. The topological polar surface area (TPSA) is 16.4 Å². The SMILES string of the molecule is CC1(C)c2ccccc2-c2ccc(N(c3ccc(-c4ccc5c(c4)C4(c6ccccc6-5)c5ccccc5C(C)(C)c5ccccc54)cc3)c3ccc4c5c(oc4c3)C=CCC5)cc21. The van der Waals surface area contributed by atoms with Gasteiger partial charge in [0, 0.05) is 44.9 Å². The molecule has 0 saturated heterocycles. The van der Waals surface area contributed by atoms with Gasteiger partial charge in [0.2, 0.25) is 0 Å². The predicted octanol–water partition coefficient (Wildman–Crippen LogP) is 15.8. The minimum absolute atomic E-state index is 0.118. The van der Waals surface area contributed by atoms with Gasteiger partial charge in [-0.2, -0.15) is 0 Å². The van der Waals surface area contributed by atoms with Crippen LogP contribution in [-0.2, 0) is 22.7 Å². The van der Waals surface area contributed by atoms with Gasteiger partial charge in [0.25, 0.3) is 0 Å². The van der Waals surface area contributed by atoms with E-state index in [1.807, 2.05) is 0 Å². The first-order valence-corrected chi connectivity index (χ1v) is 22.6. The second-order valence-corrected chi connectivity index (χ2v) is 19.1.